The molecule has 18 heavy (non-hydrogen) atoms. The highest BCUT2D eigenvalue weighted by Crippen LogP contribution is 2.41. The van der Waals surface area contributed by atoms with Crippen LogP contribution >= 0.6 is 0 Å². The van der Waals surface area contributed by atoms with E-state index in [0.717, 1.165) is 22.5 Å². The van der Waals surface area contributed by atoms with Crippen LogP contribution in [0.3, 0.4) is 0 Å². The summed E-state index contributed by atoms with van der Waals surface area (Å²) in [5.41, 5.74) is 4.29. The average molecular weight is 248 g/mol. The second kappa shape index (κ2) is 6.43. The topological polar surface area (TPSA) is 48.6 Å². The van der Waals surface area contributed by atoms with E-state index in [1.165, 1.54) is 18.4 Å². The summed E-state index contributed by atoms with van der Waals surface area (Å²) < 4.78 is 0. The van der Waals surface area contributed by atoms with Crippen LogP contribution in [0.5, 0.6) is 0 Å². The summed E-state index contributed by atoms with van der Waals surface area (Å²) in [7, 11) is 0. The first-order chi connectivity index (χ1) is 8.74. The third-order valence-corrected chi connectivity index (χ3v) is 2.89. The summed E-state index contributed by atoms with van der Waals surface area (Å²) in [5.74, 6) is 0.733. The minimum Gasteiger partial charge on any atom is -0.306 e. The van der Waals surface area contributed by atoms with Crippen LogP contribution in [0.1, 0.15) is 57.6 Å². The van der Waals surface area contributed by atoms with Crippen LogP contribution in [-0.4, -0.2) is 9.97 Å². The number of aryl methyl sites for hydroxylation is 1. The van der Waals surface area contributed by atoms with Gasteiger partial charge in [-0.05, 0) is 42.9 Å². The molecular formula is C15H24N2O. The van der Waals surface area contributed by atoms with Crippen LogP contribution in [0.15, 0.2) is 16.9 Å². The zero-order valence-corrected chi connectivity index (χ0v) is 12.1. The van der Waals surface area contributed by atoms with E-state index in [0.29, 0.717) is 0 Å². The van der Waals surface area contributed by atoms with Gasteiger partial charge in [0.15, 0.2) is 0 Å². The quantitative estimate of drug-likeness (QED) is 0.784. The van der Waals surface area contributed by atoms with Gasteiger partial charge in [-0.1, -0.05) is 33.8 Å². The van der Waals surface area contributed by atoms with Crippen molar-refractivity contribution in [1.29, 1.82) is 0 Å². The Morgan fingerprint density at radius 1 is 1.06 bits per heavy atom. The lowest BCUT2D eigenvalue weighted by atomic mass is 10.1. The fraction of sp³-hybridized carbons (Fsp3) is 0.533. The minimum atomic E-state index is -0.115. The maximum atomic E-state index is 11.1. The number of hydrogen-bond donors (Lipinski definition) is 2. The Labute approximate surface area is 109 Å². The van der Waals surface area contributed by atoms with Gasteiger partial charge in [-0.25, -0.2) is 4.79 Å². The molecule has 1 aromatic carbocycles. The van der Waals surface area contributed by atoms with Crippen molar-refractivity contribution in [2.75, 3.05) is 0 Å². The SMILES string of the molecule is CC.CC.Cc1cc(C2CC2)cc2[nH]c(=O)[nH]c12. The molecule has 2 aromatic rings. The van der Waals surface area contributed by atoms with Crippen LogP contribution in [-0.2, 0) is 0 Å². The van der Waals surface area contributed by atoms with E-state index in [1.807, 2.05) is 34.6 Å². The number of hydrogen-bond acceptors (Lipinski definition) is 1. The maximum Gasteiger partial charge on any atom is 0.323 e. The molecule has 1 aromatic heterocycles. The largest absolute Gasteiger partial charge is 0.323 e. The zero-order valence-electron chi connectivity index (χ0n) is 12.1. The number of imidazole rings is 1. The normalized spacial score (nSPS) is 13.4. The van der Waals surface area contributed by atoms with Crippen molar-refractivity contribution >= 4 is 11.0 Å². The molecule has 0 unspecified atom stereocenters. The van der Waals surface area contributed by atoms with E-state index in [9.17, 15) is 4.79 Å². The van der Waals surface area contributed by atoms with E-state index >= 15 is 0 Å². The van der Waals surface area contributed by atoms with E-state index in [1.54, 1.807) is 0 Å². The van der Waals surface area contributed by atoms with Crippen LogP contribution < -0.4 is 5.69 Å². The van der Waals surface area contributed by atoms with Crippen molar-refractivity contribution in [1.82, 2.24) is 9.97 Å². The fourth-order valence-electron chi connectivity index (χ4n) is 2.00. The van der Waals surface area contributed by atoms with Crippen molar-refractivity contribution < 1.29 is 0 Å². The van der Waals surface area contributed by atoms with Crippen molar-refractivity contribution in [2.45, 2.75) is 53.4 Å². The molecule has 1 fully saturated rings. The van der Waals surface area contributed by atoms with Gasteiger partial charge in [0.2, 0.25) is 0 Å². The van der Waals surface area contributed by atoms with Crippen LogP contribution in [0.4, 0.5) is 0 Å². The van der Waals surface area contributed by atoms with E-state index in [-0.39, 0.29) is 5.69 Å². The molecule has 0 atom stereocenters. The molecule has 0 amide bonds. The lowest BCUT2D eigenvalue weighted by Crippen LogP contribution is -1.99. The number of aromatic nitrogens is 2. The number of benzene rings is 1. The number of fused-ring (bicyclic) bond motifs is 1. The number of aromatic amines is 2. The highest BCUT2D eigenvalue weighted by atomic mass is 16.1. The van der Waals surface area contributed by atoms with Crippen molar-refractivity contribution in [3.8, 4) is 0 Å². The predicted molar refractivity (Wildman–Crippen MR) is 78.3 cm³/mol. The number of nitrogens with one attached hydrogen (secondary N) is 2. The standard InChI is InChI=1S/C11H12N2O.2C2H6/c1-6-4-8(7-2-3-7)5-9-10(6)13-11(14)12-9;2*1-2/h4-5,7H,2-3H2,1H3,(H2,12,13,14);2*1-2H3. The third kappa shape index (κ3) is 3.03. The van der Waals surface area contributed by atoms with Gasteiger partial charge in [0.25, 0.3) is 0 Å². The molecule has 1 heterocycles. The summed E-state index contributed by atoms with van der Waals surface area (Å²) in [5, 5.41) is 0. The first kappa shape index (κ1) is 14.6. The second-order valence-corrected chi connectivity index (χ2v) is 4.11. The van der Waals surface area contributed by atoms with Gasteiger partial charge < -0.3 is 9.97 Å². The predicted octanol–water partition coefficient (Wildman–Crippen LogP) is 4.09. The van der Waals surface area contributed by atoms with Crippen LogP contribution in [0, 0.1) is 6.92 Å². The van der Waals surface area contributed by atoms with Crippen molar-refractivity contribution in [2.24, 2.45) is 0 Å². The lowest BCUT2D eigenvalue weighted by Gasteiger charge is -2.01. The molecule has 0 aliphatic heterocycles. The fourth-order valence-corrected chi connectivity index (χ4v) is 2.00. The molecule has 0 saturated heterocycles. The van der Waals surface area contributed by atoms with Gasteiger partial charge in [-0.3, -0.25) is 0 Å². The summed E-state index contributed by atoms with van der Waals surface area (Å²) in [6.45, 7) is 10.0. The Kier molecular flexibility index (Phi) is 5.20. The van der Waals surface area contributed by atoms with Gasteiger partial charge in [0.1, 0.15) is 0 Å². The van der Waals surface area contributed by atoms with Crippen molar-refractivity contribution in [3.63, 3.8) is 0 Å². The highest BCUT2D eigenvalue weighted by molar-refractivity contribution is 5.79. The summed E-state index contributed by atoms with van der Waals surface area (Å²) >= 11 is 0. The summed E-state index contributed by atoms with van der Waals surface area (Å²) in [4.78, 5) is 16.7. The first-order valence-electron chi connectivity index (χ1n) is 6.96. The van der Waals surface area contributed by atoms with Gasteiger partial charge in [0, 0.05) is 0 Å². The van der Waals surface area contributed by atoms with Gasteiger partial charge >= 0.3 is 5.69 Å². The van der Waals surface area contributed by atoms with E-state index in [4.69, 9.17) is 0 Å². The summed E-state index contributed by atoms with van der Waals surface area (Å²) in [6, 6.07) is 4.28. The molecule has 3 rings (SSSR count). The molecule has 3 heteroatoms. The van der Waals surface area contributed by atoms with Crippen molar-refractivity contribution in [3.05, 3.63) is 33.7 Å². The van der Waals surface area contributed by atoms with Gasteiger partial charge in [0.05, 0.1) is 11.0 Å². The monoisotopic (exact) mass is 248 g/mol. The molecule has 0 radical (unpaired) electrons. The third-order valence-electron chi connectivity index (χ3n) is 2.89. The molecule has 1 aliphatic rings. The molecule has 100 valence electrons. The Bertz CT molecular complexity index is 547. The van der Waals surface area contributed by atoms with Gasteiger partial charge in [-0.2, -0.15) is 0 Å². The molecular weight excluding hydrogens is 224 g/mol. The van der Waals surface area contributed by atoms with E-state index in [2.05, 4.69) is 22.1 Å². The molecule has 1 aliphatic carbocycles. The minimum absolute atomic E-state index is 0.115. The lowest BCUT2D eigenvalue weighted by molar-refractivity contribution is 1.13. The molecule has 0 bridgehead atoms. The van der Waals surface area contributed by atoms with Crippen LogP contribution in [0.2, 0.25) is 0 Å². The smallest absolute Gasteiger partial charge is 0.306 e. The van der Waals surface area contributed by atoms with E-state index < -0.39 is 0 Å². The zero-order chi connectivity index (χ0) is 13.7. The van der Waals surface area contributed by atoms with Gasteiger partial charge in [-0.15, -0.1) is 0 Å². The number of rotatable bonds is 1. The molecule has 1 saturated carbocycles. The Hall–Kier alpha value is -1.51. The molecule has 0 spiro atoms. The summed E-state index contributed by atoms with van der Waals surface area (Å²) in [6.07, 6.45) is 2.58. The second-order valence-electron chi connectivity index (χ2n) is 4.11. The Morgan fingerprint density at radius 3 is 2.22 bits per heavy atom. The first-order valence-corrected chi connectivity index (χ1v) is 6.96. The average Bonchev–Trinajstić information content (AvgIpc) is 3.17. The molecule has 2 N–H and O–H groups in total. The van der Waals surface area contributed by atoms with Crippen LogP contribution in [0.25, 0.3) is 11.0 Å². The maximum absolute atomic E-state index is 11.1. The number of H-pyrrole nitrogens is 2. The molecule has 3 nitrogen and oxygen atoms in total. The Balaban J connectivity index is 0.000000371. The highest BCUT2D eigenvalue weighted by Gasteiger charge is 2.24. The Morgan fingerprint density at radius 2 is 1.67 bits per heavy atom.